The lowest BCUT2D eigenvalue weighted by molar-refractivity contribution is -0.116. The number of nitrogens with one attached hydrogen (secondary N) is 1. The topological polar surface area (TPSA) is 124 Å². The molecular formula is C37H40N8O3. The largest absolute Gasteiger partial charge is 0.494 e. The number of anilines is 3. The summed E-state index contributed by atoms with van der Waals surface area (Å²) < 4.78 is 10.2. The number of aryl methyl sites for hydroxylation is 1. The minimum absolute atomic E-state index is 0.00509. The van der Waals surface area contributed by atoms with E-state index in [1.165, 1.54) is 18.4 Å². The summed E-state index contributed by atoms with van der Waals surface area (Å²) in [7, 11) is 3.65. The molecule has 5 aromatic rings. The molecule has 3 atom stereocenters. The number of carbonyl (C=O) groups excluding carboxylic acids is 2. The number of pyridine rings is 1. The summed E-state index contributed by atoms with van der Waals surface area (Å²) >= 11 is 0. The summed E-state index contributed by atoms with van der Waals surface area (Å²) in [5, 5.41) is 4.52. The third-order valence-corrected chi connectivity index (χ3v) is 11.1. The van der Waals surface area contributed by atoms with Crippen LogP contribution in [-0.2, 0) is 24.8 Å². The van der Waals surface area contributed by atoms with Crippen LogP contribution in [0.5, 0.6) is 5.75 Å². The van der Waals surface area contributed by atoms with Gasteiger partial charge in [-0.3, -0.25) is 9.59 Å². The van der Waals surface area contributed by atoms with Crippen LogP contribution in [0.3, 0.4) is 0 Å². The van der Waals surface area contributed by atoms with Crippen molar-refractivity contribution in [2.45, 2.75) is 57.7 Å². The van der Waals surface area contributed by atoms with E-state index in [9.17, 15) is 9.59 Å². The molecule has 11 heteroatoms. The Kier molecular flexibility index (Phi) is 6.59. The van der Waals surface area contributed by atoms with Gasteiger partial charge >= 0.3 is 0 Å². The minimum Gasteiger partial charge on any atom is -0.494 e. The number of rotatable bonds is 7. The number of methoxy groups -OCH3 is 1. The van der Waals surface area contributed by atoms with Crippen molar-refractivity contribution in [3.05, 3.63) is 59.7 Å². The molecule has 2 aliphatic carbocycles. The van der Waals surface area contributed by atoms with Gasteiger partial charge in [-0.2, -0.15) is 0 Å². The lowest BCUT2D eigenvalue weighted by Crippen LogP contribution is -2.41. The number of fused-ring (bicyclic) bond motifs is 5. The average Bonchev–Trinajstić information content (AvgIpc) is 3.33. The van der Waals surface area contributed by atoms with Crippen molar-refractivity contribution in [2.75, 3.05) is 30.4 Å². The molecule has 2 aliphatic heterocycles. The molecule has 0 radical (unpaired) electrons. The molecule has 0 spiro atoms. The van der Waals surface area contributed by atoms with Gasteiger partial charge in [0.15, 0.2) is 5.82 Å². The first-order chi connectivity index (χ1) is 23.3. The molecule has 3 fully saturated rings. The fourth-order valence-corrected chi connectivity index (χ4v) is 8.32. The Hall–Kier alpha value is -4.90. The molecule has 9 rings (SSSR count). The number of amides is 2. The predicted molar refractivity (Wildman–Crippen MR) is 186 cm³/mol. The van der Waals surface area contributed by atoms with Gasteiger partial charge in [0, 0.05) is 68.0 Å². The van der Waals surface area contributed by atoms with Crippen molar-refractivity contribution in [2.24, 2.45) is 24.6 Å². The summed E-state index contributed by atoms with van der Waals surface area (Å²) in [5.41, 5.74) is 13.5. The predicted octanol–water partition coefficient (Wildman–Crippen LogP) is 5.22. The standard InChI is InChI=1S/C37H40N8O3/c1-20(46)43-13-12-22-6-9-26(17-29(22)43)39-32-11-8-23-15-30(44(35(23)41-32)18-21-4-5-21)36-40-27-14-25(16-31(48-3)34(27)42(36)2)37(47)45-19-24-7-10-28(45)33(24)38/h6,8-9,11,14-17,21,24,28,33H,4-5,7,10,12-13,18-19,38H2,1-3H3,(H,39,41)/t24?,28?,33-/m1/s1. The molecule has 48 heavy (non-hydrogen) atoms. The molecule has 2 unspecified atom stereocenters. The second-order valence-electron chi connectivity index (χ2n) is 14.1. The first-order valence-corrected chi connectivity index (χ1v) is 17.1. The first kappa shape index (κ1) is 29.3. The third kappa shape index (κ3) is 4.58. The maximum absolute atomic E-state index is 13.8. The van der Waals surface area contributed by atoms with Crippen molar-refractivity contribution in [1.29, 1.82) is 0 Å². The van der Waals surface area contributed by atoms with Gasteiger partial charge in [-0.1, -0.05) is 6.07 Å². The van der Waals surface area contributed by atoms with E-state index >= 15 is 0 Å². The van der Waals surface area contributed by atoms with Gasteiger partial charge in [0.25, 0.3) is 5.91 Å². The van der Waals surface area contributed by atoms with Crippen LogP contribution >= 0.6 is 0 Å². The SMILES string of the molecule is COc1cc(C(=O)N2CC3CCC2[C@@H]3N)cc2nc(-c3cc4ccc(Nc5ccc6c(c5)N(C(C)=O)CC6)nc4n3CC3CC3)n(C)c12. The summed E-state index contributed by atoms with van der Waals surface area (Å²) in [6, 6.07) is 16.4. The summed E-state index contributed by atoms with van der Waals surface area (Å²) in [4.78, 5) is 40.0. The molecule has 11 nitrogen and oxygen atoms in total. The Labute approximate surface area is 278 Å². The maximum atomic E-state index is 13.8. The highest BCUT2D eigenvalue weighted by Crippen LogP contribution is 2.40. The highest BCUT2D eigenvalue weighted by atomic mass is 16.5. The maximum Gasteiger partial charge on any atom is 0.254 e. The molecule has 1 saturated heterocycles. The molecule has 2 saturated carbocycles. The van der Waals surface area contributed by atoms with Crippen LogP contribution in [0.15, 0.2) is 48.5 Å². The Balaban J connectivity index is 1.09. The van der Waals surface area contributed by atoms with Crippen molar-refractivity contribution in [1.82, 2.24) is 24.0 Å². The number of benzene rings is 2. The van der Waals surface area contributed by atoms with Gasteiger partial charge in [-0.05, 0) is 92.0 Å². The number of likely N-dealkylation sites (tertiary alicyclic amines) is 1. The fourth-order valence-electron chi connectivity index (χ4n) is 8.32. The Morgan fingerprint density at radius 1 is 1.04 bits per heavy atom. The molecule has 2 aromatic carbocycles. The van der Waals surface area contributed by atoms with Crippen LogP contribution in [0, 0.1) is 11.8 Å². The highest BCUT2D eigenvalue weighted by Gasteiger charge is 2.47. The van der Waals surface area contributed by atoms with Crippen LogP contribution in [0.1, 0.15) is 48.5 Å². The Morgan fingerprint density at radius 2 is 1.90 bits per heavy atom. The smallest absolute Gasteiger partial charge is 0.254 e. The monoisotopic (exact) mass is 644 g/mol. The van der Waals surface area contributed by atoms with Gasteiger partial charge in [-0.25, -0.2) is 9.97 Å². The zero-order chi connectivity index (χ0) is 32.8. The average molecular weight is 645 g/mol. The summed E-state index contributed by atoms with van der Waals surface area (Å²) in [6.07, 6.45) is 5.33. The number of nitrogens with two attached hydrogens (primary N) is 1. The number of hydrogen-bond donors (Lipinski definition) is 2. The Bertz CT molecular complexity index is 2150. The second kappa shape index (κ2) is 10.8. The Morgan fingerprint density at radius 3 is 2.62 bits per heavy atom. The molecule has 3 N–H and O–H groups in total. The van der Waals surface area contributed by atoms with E-state index in [1.807, 2.05) is 41.1 Å². The summed E-state index contributed by atoms with van der Waals surface area (Å²) in [5.74, 6) is 3.19. The van der Waals surface area contributed by atoms with E-state index in [4.69, 9.17) is 20.4 Å². The molecular weight excluding hydrogens is 604 g/mol. The van der Waals surface area contributed by atoms with Gasteiger partial charge in [-0.15, -0.1) is 0 Å². The number of imidazole rings is 1. The number of piperidine rings is 1. The van der Waals surface area contributed by atoms with Gasteiger partial charge in [0.05, 0.1) is 18.3 Å². The van der Waals surface area contributed by atoms with E-state index in [-0.39, 0.29) is 23.9 Å². The zero-order valence-corrected chi connectivity index (χ0v) is 27.6. The number of hydrogen-bond acceptors (Lipinski definition) is 7. The van der Waals surface area contributed by atoms with E-state index < -0.39 is 0 Å². The van der Waals surface area contributed by atoms with Crippen molar-refractivity contribution in [3.8, 4) is 17.3 Å². The molecule has 4 aliphatic rings. The van der Waals surface area contributed by atoms with Crippen LogP contribution in [0.25, 0.3) is 33.6 Å². The van der Waals surface area contributed by atoms with Crippen LogP contribution in [0.2, 0.25) is 0 Å². The second-order valence-corrected chi connectivity index (χ2v) is 14.1. The summed E-state index contributed by atoms with van der Waals surface area (Å²) in [6.45, 7) is 3.90. The fraction of sp³-hybridized carbons (Fsp3) is 0.405. The molecule has 3 aromatic heterocycles. The minimum atomic E-state index is -0.00509. The number of carbonyl (C=O) groups is 2. The van der Waals surface area contributed by atoms with E-state index in [0.717, 1.165) is 83.1 Å². The quantitative estimate of drug-likeness (QED) is 0.249. The zero-order valence-electron chi connectivity index (χ0n) is 27.6. The molecule has 2 bridgehead atoms. The first-order valence-electron chi connectivity index (χ1n) is 17.1. The molecule has 2 amide bonds. The third-order valence-electron chi connectivity index (χ3n) is 11.1. The van der Waals surface area contributed by atoms with Crippen molar-refractivity contribution < 1.29 is 14.3 Å². The normalized spacial score (nSPS) is 21.5. The van der Waals surface area contributed by atoms with Gasteiger partial charge < -0.3 is 34.7 Å². The number of aromatic nitrogens is 4. The lowest BCUT2D eigenvalue weighted by Gasteiger charge is -2.27. The van der Waals surface area contributed by atoms with Crippen molar-refractivity contribution in [3.63, 3.8) is 0 Å². The van der Waals surface area contributed by atoms with E-state index in [1.54, 1.807) is 14.0 Å². The lowest BCUT2D eigenvalue weighted by atomic mass is 10.1. The number of nitrogens with zero attached hydrogens (tertiary/aromatic N) is 6. The van der Waals surface area contributed by atoms with Gasteiger partial charge in [0.1, 0.15) is 22.7 Å². The highest BCUT2D eigenvalue weighted by molar-refractivity contribution is 6.00. The number of ether oxygens (including phenoxy) is 1. The van der Waals surface area contributed by atoms with Gasteiger partial charge in [0.2, 0.25) is 5.91 Å². The van der Waals surface area contributed by atoms with E-state index in [0.29, 0.717) is 29.7 Å². The molecule has 246 valence electrons. The van der Waals surface area contributed by atoms with Crippen LogP contribution in [-0.4, -0.2) is 68.1 Å². The molecule has 5 heterocycles. The van der Waals surface area contributed by atoms with Crippen LogP contribution < -0.4 is 20.7 Å². The van der Waals surface area contributed by atoms with Crippen molar-refractivity contribution >= 4 is 51.1 Å². The van der Waals surface area contributed by atoms with E-state index in [2.05, 4.69) is 38.7 Å². The van der Waals surface area contributed by atoms with Crippen LogP contribution in [0.4, 0.5) is 17.2 Å².